The third kappa shape index (κ3) is 32.3. The van der Waals surface area contributed by atoms with E-state index in [4.69, 9.17) is 28.8 Å². The normalized spacial score (nSPS) is 27.0. The number of rotatable bonds is 40. The number of carboxylic acid groups (broad SMARTS) is 7. The van der Waals surface area contributed by atoms with Crippen LogP contribution >= 0.6 is 0 Å². The van der Waals surface area contributed by atoms with Crippen molar-refractivity contribution >= 4 is 107 Å². The molecule has 0 aromatic carbocycles. The number of fused-ring (bicyclic) bond motifs is 3. The smallest absolute Gasteiger partial charge is 0.329 e. The molecule has 0 spiro atoms. The van der Waals surface area contributed by atoms with Crippen LogP contribution in [-0.4, -0.2) is 288 Å². The highest BCUT2D eigenvalue weighted by Gasteiger charge is 2.57. The molecule has 1 aliphatic carbocycles. The van der Waals surface area contributed by atoms with Crippen LogP contribution in [0.2, 0.25) is 0 Å². The molecular formula is C77H114N8O33. The maximum Gasteiger partial charge on any atom is 0.329 e. The number of carbonyl (C=O) groups excluding carboxylic acids is 11. The largest absolute Gasteiger partial charge is 0.481 e. The van der Waals surface area contributed by atoms with E-state index in [-0.39, 0.29) is 50.5 Å². The number of amides is 8. The first kappa shape index (κ1) is 100. The van der Waals surface area contributed by atoms with Crippen molar-refractivity contribution in [2.24, 2.45) is 29.6 Å². The Bertz CT molecular complexity index is 3700. The van der Waals surface area contributed by atoms with Gasteiger partial charge in [0.1, 0.15) is 66.8 Å². The van der Waals surface area contributed by atoms with Gasteiger partial charge in [0.2, 0.25) is 47.1 Å². The highest BCUT2D eigenvalue weighted by molar-refractivity contribution is 6.39. The van der Waals surface area contributed by atoms with Gasteiger partial charge in [-0.15, -0.1) is 0 Å². The fourth-order valence-electron chi connectivity index (χ4n) is 14.7. The molecule has 660 valence electrons. The molecule has 3 aliphatic heterocycles. The van der Waals surface area contributed by atoms with E-state index in [2.05, 4.69) is 31.9 Å². The first-order valence-electron chi connectivity index (χ1n) is 39.0. The summed E-state index contributed by atoms with van der Waals surface area (Å²) in [5.74, 6) is -30.9. The van der Waals surface area contributed by atoms with E-state index in [1.165, 1.54) is 41.3 Å². The lowest BCUT2D eigenvalue weighted by molar-refractivity contribution is -0.302. The molecule has 1 saturated carbocycles. The van der Waals surface area contributed by atoms with Crippen molar-refractivity contribution in [3.63, 3.8) is 0 Å². The Kier molecular flexibility index (Phi) is 41.3. The van der Waals surface area contributed by atoms with Crippen LogP contribution in [0, 0.1) is 29.6 Å². The predicted octanol–water partition coefficient (Wildman–Crippen LogP) is -0.692. The second kappa shape index (κ2) is 48.6. The number of Topliss-reactive ketones (excluding diaryl/α,β-unsaturated/α-hetero) is 2. The Hall–Kier alpha value is -10.2. The summed E-state index contributed by atoms with van der Waals surface area (Å²) in [7, 11) is 4.24. The number of cyclic esters (lactones) is 1. The first-order chi connectivity index (χ1) is 55.4. The van der Waals surface area contributed by atoms with Gasteiger partial charge in [-0.1, -0.05) is 44.6 Å². The summed E-state index contributed by atoms with van der Waals surface area (Å²) < 4.78 is 29.9. The Morgan fingerprint density at radius 3 is 1.42 bits per heavy atom. The lowest BCUT2D eigenvalue weighted by atomic mass is 9.81. The Morgan fingerprint density at radius 1 is 0.551 bits per heavy atom. The number of hydrogen-bond acceptors (Lipinski definition) is 26. The third-order valence-corrected chi connectivity index (χ3v) is 21.2. The summed E-state index contributed by atoms with van der Waals surface area (Å²) >= 11 is 0. The van der Waals surface area contributed by atoms with Crippen LogP contribution in [0.3, 0.4) is 0 Å². The molecular weight excluding hydrogens is 1560 g/mol. The number of ketones is 2. The quantitative estimate of drug-likeness (QED) is 0.0156. The van der Waals surface area contributed by atoms with E-state index in [9.17, 15) is 132 Å². The van der Waals surface area contributed by atoms with Crippen LogP contribution in [0.15, 0.2) is 35.5 Å². The molecule has 118 heavy (non-hydrogen) atoms. The molecule has 17 N–H and O–H groups in total. The number of aliphatic hydroxyl groups excluding tert-OH is 2. The molecule has 41 heteroatoms. The summed E-state index contributed by atoms with van der Waals surface area (Å²) in [6.07, 6.45) is -10.1. The van der Waals surface area contributed by atoms with Crippen molar-refractivity contribution < 1.29 is 161 Å². The molecule has 3 fully saturated rings. The summed E-state index contributed by atoms with van der Waals surface area (Å²) in [6.45, 7) is 7.16. The zero-order chi connectivity index (χ0) is 88.6. The van der Waals surface area contributed by atoms with Gasteiger partial charge >= 0.3 is 47.8 Å². The molecule has 8 amide bonds. The number of aliphatic hydroxyl groups is 3. The van der Waals surface area contributed by atoms with E-state index < -0.39 is 305 Å². The Labute approximate surface area is 679 Å². The van der Waals surface area contributed by atoms with Gasteiger partial charge in [0.05, 0.1) is 30.5 Å². The van der Waals surface area contributed by atoms with E-state index >= 15 is 0 Å². The van der Waals surface area contributed by atoms with Crippen LogP contribution in [-0.2, 0) is 110 Å². The average molecular weight is 1680 g/mol. The van der Waals surface area contributed by atoms with Crippen LogP contribution in [0.25, 0.3) is 0 Å². The molecule has 6 unspecified atom stereocenters. The van der Waals surface area contributed by atoms with Gasteiger partial charge in [0.25, 0.3) is 11.7 Å². The molecule has 3 heterocycles. The van der Waals surface area contributed by atoms with Crippen molar-refractivity contribution in [1.82, 2.24) is 42.1 Å². The molecule has 0 aromatic rings. The molecule has 0 aromatic heterocycles. The minimum Gasteiger partial charge on any atom is -0.481 e. The molecule has 41 nitrogen and oxygen atoms in total. The van der Waals surface area contributed by atoms with Crippen molar-refractivity contribution in [2.45, 2.75) is 273 Å². The molecule has 2 bridgehead atoms. The summed E-state index contributed by atoms with van der Waals surface area (Å²) in [4.78, 5) is 240. The number of hydrogen-bond donors (Lipinski definition) is 17. The van der Waals surface area contributed by atoms with Gasteiger partial charge in [-0.25, -0.2) is 4.79 Å². The minimum atomic E-state index is -2.73. The number of aliphatic carboxylic acids is 7. The molecule has 2 saturated heterocycles. The SMILES string of the molecule is CO[C@H]1C[C@@H](C)C/C(C)=C/[C@@H](C/C=C\C(=O)NC(CCC(=O)O)C(=O)NC(CCC(=O)O)C(=O)NC(CCC(=O)O)C(=O)NC(CCC(=O)O)C(=O)NC(CCC(=O)O)C(=O)NC(CCC(=O)O)C(=O)NCC(=O)O)C(=O)C[C@H](O)[C@@H](C)[C@@H](/C(C)=C/[C@@H]2CC[C@@H](O)[C@H](OC)C2)OC(=O)[C@@H]2CCCCN2C(=O)C(=O)[C@]2(O)O[C@H]1[C@@H](OC)C[C@H]2C. The highest BCUT2D eigenvalue weighted by atomic mass is 16.7. The van der Waals surface area contributed by atoms with Gasteiger partial charge in [-0.05, 0) is 140 Å². The average Bonchev–Trinajstić information content (AvgIpc) is 0.775. The predicted molar refractivity (Wildman–Crippen MR) is 405 cm³/mol. The van der Waals surface area contributed by atoms with E-state index in [1.54, 1.807) is 19.9 Å². The van der Waals surface area contributed by atoms with Gasteiger partial charge in [-0.3, -0.25) is 81.5 Å². The van der Waals surface area contributed by atoms with E-state index in [0.29, 0.717) is 43.3 Å². The number of allylic oxidation sites excluding steroid dienone is 4. The van der Waals surface area contributed by atoms with Crippen LogP contribution in [0.1, 0.15) is 182 Å². The summed E-state index contributed by atoms with van der Waals surface area (Å²) in [6, 6.07) is -13.3. The highest BCUT2D eigenvalue weighted by Crippen LogP contribution is 2.40. The lowest BCUT2D eigenvalue weighted by Crippen LogP contribution is -2.64. The zero-order valence-electron chi connectivity index (χ0n) is 67.3. The first-order valence-corrected chi connectivity index (χ1v) is 39.0. The minimum absolute atomic E-state index is 0.0178. The maximum absolute atomic E-state index is 14.9. The molecule has 4 aliphatic rings. The number of piperidine rings is 1. The Balaban J connectivity index is 1.73. The fraction of sp³-hybridized carbons (Fsp3) is 0.688. The van der Waals surface area contributed by atoms with Gasteiger partial charge in [0, 0.05) is 90.6 Å². The number of nitrogens with zero attached hydrogens (tertiary/aromatic N) is 1. The number of ether oxygens (including phenoxy) is 5. The number of methoxy groups -OCH3 is 3. The van der Waals surface area contributed by atoms with Crippen LogP contribution in [0.5, 0.6) is 0 Å². The number of esters is 1. The van der Waals surface area contributed by atoms with Crippen LogP contribution in [0.4, 0.5) is 0 Å². The van der Waals surface area contributed by atoms with Crippen molar-refractivity contribution in [3.05, 3.63) is 35.5 Å². The van der Waals surface area contributed by atoms with Gasteiger partial charge in [0.15, 0.2) is 0 Å². The monoisotopic (exact) mass is 1680 g/mol. The second-order valence-corrected chi connectivity index (χ2v) is 30.5. The van der Waals surface area contributed by atoms with Crippen molar-refractivity contribution in [3.8, 4) is 0 Å². The summed E-state index contributed by atoms with van der Waals surface area (Å²) in [5, 5.41) is 117. The standard InChI is InChI=1S/C77H114N8O33/c1-38-30-39(2)32-56(115-7)67-57(116-8)34-41(4)77(113,118-67)68(104)75(111)85-29-10-9-13-51(85)76(112)117-66(40(3)33-43-15-22-52(86)55(35-43)114-6)42(5)53(87)36-54(88)44(31-38)12-11-14-58(89)79-46(17-24-60(92)93)70(106)81-48(19-26-62(96)97)72(108)83-50(21-28-64(100)101)74(110)84-49(20-27-63(98)99)73(109)82-47(18-25-61(94)95)71(107)80-45(16-23-59(90)91)69(105)78-37-65(102)103/h11,14,31,33,39,41-53,55-57,66-67,86-87,113H,9-10,12-13,15-30,32,34-37H2,1-8H3,(H,78,105)(H,79,89)(H,80,107)(H,81,106)(H,82,109)(H,83,108)(H,84,110)(H,90,91)(H,92,93)(H,94,95)(H,96,97)(H,98,99)(H,100,101)(H,102,103)/b14-11-,38-31+,40-33+/t39-,41+,42+,43-,44+,45?,46?,47?,48?,49?,50?,51-,52+,53-,55+,56-,57-,66+,67+,77+/m0/s1. The van der Waals surface area contributed by atoms with Crippen LogP contribution < -0.4 is 37.2 Å². The zero-order valence-corrected chi connectivity index (χ0v) is 67.3. The van der Waals surface area contributed by atoms with E-state index in [1.807, 2.05) is 18.3 Å². The third-order valence-electron chi connectivity index (χ3n) is 21.2. The Morgan fingerprint density at radius 2 is 0.983 bits per heavy atom. The maximum atomic E-state index is 14.9. The van der Waals surface area contributed by atoms with Crippen molar-refractivity contribution in [2.75, 3.05) is 34.4 Å². The second-order valence-electron chi connectivity index (χ2n) is 30.5. The van der Waals surface area contributed by atoms with Crippen molar-refractivity contribution in [1.29, 1.82) is 0 Å². The number of carboxylic acids is 7. The molecule has 0 radical (unpaired) electrons. The number of nitrogens with one attached hydrogen (secondary N) is 7. The van der Waals surface area contributed by atoms with E-state index in [0.717, 1.165) is 11.0 Å². The fourth-order valence-corrected chi connectivity index (χ4v) is 14.7. The van der Waals surface area contributed by atoms with Gasteiger partial charge < -0.3 is 117 Å². The van der Waals surface area contributed by atoms with Gasteiger partial charge in [-0.2, -0.15) is 0 Å². The molecule has 20 atom stereocenters. The topological polar surface area (TPSA) is 643 Å². The summed E-state index contributed by atoms with van der Waals surface area (Å²) in [5.41, 5.74) is 1.01. The molecule has 4 rings (SSSR count). The lowest BCUT2D eigenvalue weighted by Gasteiger charge is -2.47. The number of carbonyl (C=O) groups is 18.